The van der Waals surface area contributed by atoms with E-state index in [0.717, 1.165) is 16.8 Å². The summed E-state index contributed by atoms with van der Waals surface area (Å²) >= 11 is 0. The van der Waals surface area contributed by atoms with Gasteiger partial charge in [-0.15, -0.1) is 0 Å². The van der Waals surface area contributed by atoms with Crippen molar-refractivity contribution in [3.05, 3.63) is 148 Å². The number of fused-ring (bicyclic) bond motifs is 1. The molecular weight excluding hydrogens is 648 g/mol. The fourth-order valence-electron chi connectivity index (χ4n) is 6.65. The van der Waals surface area contributed by atoms with Crippen LogP contribution >= 0.6 is 0 Å². The fourth-order valence-corrected chi connectivity index (χ4v) is 6.65. The van der Waals surface area contributed by atoms with Crippen LogP contribution in [0.5, 0.6) is 0 Å². The first-order valence-corrected chi connectivity index (χ1v) is 15.8. The maximum Gasteiger partial charge on any atom is 0.336 e. The van der Waals surface area contributed by atoms with Gasteiger partial charge < -0.3 is 38.0 Å². The van der Waals surface area contributed by atoms with Gasteiger partial charge in [0.2, 0.25) is 5.91 Å². The second kappa shape index (κ2) is 13.2. The Labute approximate surface area is 292 Å². The number of nitrogens with one attached hydrogen (secondary N) is 3. The second-order valence-corrected chi connectivity index (χ2v) is 12.6. The summed E-state index contributed by atoms with van der Waals surface area (Å²) in [5.41, 5.74) is 21.5. The molecule has 0 spiro atoms. The molecular formula is C39H34N6O6. The number of nitrogens with two attached hydrogens (primary N) is 3. The number of hydrogen-bond donors (Lipinski definition) is 8. The molecule has 1 heterocycles. The van der Waals surface area contributed by atoms with Gasteiger partial charge in [0, 0.05) is 39.2 Å². The minimum atomic E-state index is -1.28. The highest BCUT2D eigenvalue weighted by Gasteiger charge is 2.39. The van der Waals surface area contributed by atoms with E-state index < -0.39 is 29.2 Å². The summed E-state index contributed by atoms with van der Waals surface area (Å²) in [6.07, 6.45) is 0.506. The van der Waals surface area contributed by atoms with Gasteiger partial charge in [0.15, 0.2) is 0 Å². The molecule has 0 fully saturated rings. The Morgan fingerprint density at radius 3 is 2.18 bits per heavy atom. The van der Waals surface area contributed by atoms with Crippen LogP contribution in [0.3, 0.4) is 0 Å². The van der Waals surface area contributed by atoms with E-state index in [1.165, 1.54) is 36.4 Å². The van der Waals surface area contributed by atoms with E-state index in [1.807, 2.05) is 48.5 Å². The Balaban J connectivity index is 1.51. The average Bonchev–Trinajstić information content (AvgIpc) is 3.11. The predicted molar refractivity (Wildman–Crippen MR) is 194 cm³/mol. The van der Waals surface area contributed by atoms with E-state index in [4.69, 9.17) is 22.6 Å². The van der Waals surface area contributed by atoms with Crippen LogP contribution in [-0.2, 0) is 5.41 Å². The van der Waals surface area contributed by atoms with Gasteiger partial charge in [-0.05, 0) is 101 Å². The van der Waals surface area contributed by atoms with E-state index in [-0.39, 0.29) is 45.4 Å². The van der Waals surface area contributed by atoms with E-state index in [0.29, 0.717) is 28.8 Å². The molecule has 2 atom stereocenters. The van der Waals surface area contributed by atoms with Gasteiger partial charge in [-0.3, -0.25) is 15.0 Å². The van der Waals surface area contributed by atoms with Crippen LogP contribution in [0, 0.1) is 5.41 Å². The molecule has 0 saturated carbocycles. The number of rotatable bonds is 9. The van der Waals surface area contributed by atoms with Crippen molar-refractivity contribution < 1.29 is 29.4 Å². The number of anilines is 3. The zero-order chi connectivity index (χ0) is 36.6. The normalized spacial score (nSPS) is 16.3. The van der Waals surface area contributed by atoms with E-state index in [9.17, 15) is 29.4 Å². The number of carbonyl (C=O) groups is 4. The van der Waals surface area contributed by atoms with Gasteiger partial charge in [-0.25, -0.2) is 9.59 Å². The highest BCUT2D eigenvalue weighted by molar-refractivity contribution is 6.07. The van der Waals surface area contributed by atoms with Crippen molar-refractivity contribution in [3.8, 4) is 11.1 Å². The summed E-state index contributed by atoms with van der Waals surface area (Å²) in [6, 6.07) is 28.2. The summed E-state index contributed by atoms with van der Waals surface area (Å²) in [7, 11) is 0. The summed E-state index contributed by atoms with van der Waals surface area (Å²) in [5.74, 6) is -4.01. The maximum absolute atomic E-state index is 13.6. The van der Waals surface area contributed by atoms with Crippen LogP contribution in [-0.4, -0.2) is 39.8 Å². The Bertz CT molecular complexity index is 2270. The molecule has 12 nitrogen and oxygen atoms in total. The van der Waals surface area contributed by atoms with E-state index in [1.54, 1.807) is 18.2 Å². The van der Waals surface area contributed by atoms with Gasteiger partial charge >= 0.3 is 11.9 Å². The van der Waals surface area contributed by atoms with Crippen molar-refractivity contribution in [1.29, 1.82) is 5.41 Å². The highest BCUT2D eigenvalue weighted by Crippen LogP contribution is 2.49. The number of primary amides is 1. The molecule has 1 aliphatic rings. The van der Waals surface area contributed by atoms with E-state index >= 15 is 0 Å². The summed E-state index contributed by atoms with van der Waals surface area (Å²) in [5, 5.41) is 34.2. The van der Waals surface area contributed by atoms with Crippen molar-refractivity contribution in [2.75, 3.05) is 16.4 Å². The first kappa shape index (κ1) is 33.9. The van der Waals surface area contributed by atoms with Crippen LogP contribution in [0.1, 0.15) is 83.1 Å². The molecule has 5 aromatic carbocycles. The average molecular weight is 683 g/mol. The third-order valence-corrected chi connectivity index (χ3v) is 9.20. The minimum absolute atomic E-state index is 0.0130. The molecule has 12 heteroatoms. The molecule has 1 aliphatic heterocycles. The second-order valence-electron chi connectivity index (χ2n) is 12.6. The van der Waals surface area contributed by atoms with Gasteiger partial charge in [0.1, 0.15) is 5.84 Å². The molecule has 0 radical (unpaired) electrons. The lowest BCUT2D eigenvalue weighted by Gasteiger charge is -2.42. The van der Waals surface area contributed by atoms with Crippen molar-refractivity contribution in [2.24, 2.45) is 11.5 Å². The number of aromatic carboxylic acids is 2. The molecule has 2 amide bonds. The topological polar surface area (TPSA) is 235 Å². The number of carboxylic acids is 2. The summed E-state index contributed by atoms with van der Waals surface area (Å²) in [6.45, 7) is 2.11. The first-order valence-electron chi connectivity index (χ1n) is 15.8. The predicted octanol–water partition coefficient (Wildman–Crippen LogP) is 5.83. The fraction of sp³-hybridized carbons (Fsp3) is 0.103. The van der Waals surface area contributed by atoms with Crippen LogP contribution in [0.25, 0.3) is 11.1 Å². The van der Waals surface area contributed by atoms with E-state index in [2.05, 4.69) is 17.6 Å². The van der Waals surface area contributed by atoms with Crippen molar-refractivity contribution >= 4 is 46.7 Å². The monoisotopic (exact) mass is 682 g/mol. The van der Waals surface area contributed by atoms with Gasteiger partial charge in [0.05, 0.1) is 17.2 Å². The molecule has 0 bridgehead atoms. The third-order valence-electron chi connectivity index (χ3n) is 9.20. The van der Waals surface area contributed by atoms with Crippen molar-refractivity contribution in [1.82, 2.24) is 0 Å². The van der Waals surface area contributed by atoms with Gasteiger partial charge in [0.25, 0.3) is 5.91 Å². The lowest BCUT2D eigenvalue weighted by molar-refractivity contribution is 0.0686. The molecule has 51 heavy (non-hydrogen) atoms. The number of benzene rings is 5. The number of carboxylic acid groups (broad SMARTS) is 2. The zero-order valence-corrected chi connectivity index (χ0v) is 27.4. The Morgan fingerprint density at radius 2 is 1.51 bits per heavy atom. The standard InChI is InChI=1S/C39H34N6O6/c1-39(26-5-3-2-4-6-26)19-33(45-32-10-8-20(34(41)42)18-31(32)39)23-11-22(29-9-7-21(35(43)46)17-30(29)38(50)51)15-28(16-23)44-36(47)24-12-25(37(48)49)14-27(40)13-24/h2-18,33,45H,19,40H2,1H3,(H3,41,42)(H2,43,46)(H,44,47)(H,48,49)(H,50,51). The van der Waals surface area contributed by atoms with Gasteiger partial charge in [-0.2, -0.15) is 0 Å². The SMILES string of the molecule is CC1(c2ccccc2)CC(c2cc(NC(=O)c3cc(N)cc(C(=O)O)c3)cc(-c3ccc(C(N)=O)cc3C(=O)O)c2)Nc2ccc(C(=N)N)cc21. The maximum atomic E-state index is 13.6. The summed E-state index contributed by atoms with van der Waals surface area (Å²) in [4.78, 5) is 49.6. The molecule has 5 aromatic rings. The number of amides is 2. The molecule has 0 aliphatic carbocycles. The lowest BCUT2D eigenvalue weighted by atomic mass is 9.68. The lowest BCUT2D eigenvalue weighted by Crippen LogP contribution is -2.35. The van der Waals surface area contributed by atoms with Crippen molar-refractivity contribution in [2.45, 2.75) is 24.8 Å². The van der Waals surface area contributed by atoms with Gasteiger partial charge in [-0.1, -0.05) is 43.3 Å². The van der Waals surface area contributed by atoms with Crippen molar-refractivity contribution in [3.63, 3.8) is 0 Å². The number of amidine groups is 1. The molecule has 6 rings (SSSR count). The molecule has 0 aromatic heterocycles. The molecule has 2 unspecified atom stereocenters. The Hall–Kier alpha value is -6.95. The minimum Gasteiger partial charge on any atom is -0.478 e. The number of carbonyl (C=O) groups excluding carboxylic acids is 2. The molecule has 256 valence electrons. The highest BCUT2D eigenvalue weighted by atomic mass is 16.4. The third kappa shape index (κ3) is 6.70. The number of hydrogen-bond acceptors (Lipinski definition) is 7. The Morgan fingerprint density at radius 1 is 0.804 bits per heavy atom. The first-order chi connectivity index (χ1) is 24.2. The Kier molecular flexibility index (Phi) is 8.76. The van der Waals surface area contributed by atoms with Crippen LogP contribution in [0.15, 0.2) is 103 Å². The quantitative estimate of drug-likeness (QED) is 0.0530. The zero-order valence-electron chi connectivity index (χ0n) is 27.4. The van der Waals surface area contributed by atoms with Crippen LogP contribution in [0.2, 0.25) is 0 Å². The molecule has 0 saturated heterocycles. The summed E-state index contributed by atoms with van der Waals surface area (Å²) < 4.78 is 0. The van der Waals surface area contributed by atoms with Crippen LogP contribution < -0.4 is 27.8 Å². The number of nitrogen functional groups attached to an aromatic ring is 2. The largest absolute Gasteiger partial charge is 0.478 e. The smallest absolute Gasteiger partial charge is 0.336 e. The van der Waals surface area contributed by atoms with Crippen LogP contribution in [0.4, 0.5) is 17.1 Å². The molecule has 11 N–H and O–H groups in total.